The van der Waals surface area contributed by atoms with Crippen LogP contribution in [0, 0.1) is 0 Å². The number of hydrogen-bond donors (Lipinski definition) is 0. The van der Waals surface area contributed by atoms with E-state index >= 15 is 0 Å². The SMILES string of the molecule is Cn1nc2c(c1-c1ccccc1)CCN(C(=O)c1cccc(-n3cnnc3)n1)CC2. The van der Waals surface area contributed by atoms with Crippen molar-refractivity contribution < 1.29 is 4.79 Å². The average molecular weight is 399 g/mol. The van der Waals surface area contributed by atoms with Gasteiger partial charge >= 0.3 is 0 Å². The van der Waals surface area contributed by atoms with E-state index in [1.165, 1.54) is 5.56 Å². The van der Waals surface area contributed by atoms with E-state index in [0.717, 1.165) is 29.8 Å². The normalized spacial score (nSPS) is 13.7. The Morgan fingerprint density at radius 1 is 0.933 bits per heavy atom. The van der Waals surface area contributed by atoms with Crippen LogP contribution in [0.5, 0.6) is 0 Å². The van der Waals surface area contributed by atoms with Crippen LogP contribution in [0.2, 0.25) is 0 Å². The number of rotatable bonds is 3. The molecule has 8 heteroatoms. The monoisotopic (exact) mass is 399 g/mol. The zero-order valence-electron chi connectivity index (χ0n) is 16.6. The molecule has 1 aliphatic heterocycles. The molecule has 0 aliphatic carbocycles. The molecule has 1 amide bonds. The molecular formula is C22H21N7O. The molecule has 30 heavy (non-hydrogen) atoms. The first-order valence-electron chi connectivity index (χ1n) is 9.92. The minimum Gasteiger partial charge on any atom is -0.337 e. The fourth-order valence-corrected chi connectivity index (χ4v) is 4.01. The first kappa shape index (κ1) is 18.2. The van der Waals surface area contributed by atoms with E-state index in [0.29, 0.717) is 24.6 Å². The van der Waals surface area contributed by atoms with E-state index in [2.05, 4.69) is 27.3 Å². The summed E-state index contributed by atoms with van der Waals surface area (Å²) in [5.74, 6) is 0.554. The number of carbonyl (C=O) groups is 1. The zero-order chi connectivity index (χ0) is 20.5. The molecule has 0 N–H and O–H groups in total. The maximum Gasteiger partial charge on any atom is 0.272 e. The quantitative estimate of drug-likeness (QED) is 0.528. The third kappa shape index (κ3) is 3.26. The summed E-state index contributed by atoms with van der Waals surface area (Å²) >= 11 is 0. The van der Waals surface area contributed by atoms with Crippen LogP contribution in [0.1, 0.15) is 21.7 Å². The molecule has 0 unspecified atom stereocenters. The van der Waals surface area contributed by atoms with Crippen molar-refractivity contribution in [3.8, 4) is 17.1 Å². The van der Waals surface area contributed by atoms with Gasteiger partial charge in [-0.2, -0.15) is 5.10 Å². The van der Waals surface area contributed by atoms with Gasteiger partial charge in [-0.15, -0.1) is 10.2 Å². The van der Waals surface area contributed by atoms with Crippen LogP contribution in [0.25, 0.3) is 17.1 Å². The van der Waals surface area contributed by atoms with Gasteiger partial charge in [0.05, 0.1) is 11.4 Å². The van der Waals surface area contributed by atoms with Crippen LogP contribution in [0.4, 0.5) is 0 Å². The Morgan fingerprint density at radius 3 is 2.50 bits per heavy atom. The predicted molar refractivity (Wildman–Crippen MR) is 111 cm³/mol. The Bertz CT molecular complexity index is 1180. The van der Waals surface area contributed by atoms with E-state index in [1.807, 2.05) is 47.0 Å². The summed E-state index contributed by atoms with van der Waals surface area (Å²) < 4.78 is 3.65. The summed E-state index contributed by atoms with van der Waals surface area (Å²) in [6.07, 6.45) is 4.63. The molecule has 0 saturated heterocycles. The van der Waals surface area contributed by atoms with Gasteiger partial charge in [-0.3, -0.25) is 14.0 Å². The van der Waals surface area contributed by atoms with Crippen LogP contribution in [-0.4, -0.2) is 53.4 Å². The van der Waals surface area contributed by atoms with E-state index in [1.54, 1.807) is 23.3 Å². The smallest absolute Gasteiger partial charge is 0.272 e. The third-order valence-electron chi connectivity index (χ3n) is 5.45. The highest BCUT2D eigenvalue weighted by Crippen LogP contribution is 2.28. The Balaban J connectivity index is 1.39. The van der Waals surface area contributed by atoms with Crippen molar-refractivity contribution in [3.05, 3.63) is 78.1 Å². The lowest BCUT2D eigenvalue weighted by Gasteiger charge is -2.20. The van der Waals surface area contributed by atoms with Gasteiger partial charge < -0.3 is 4.90 Å². The van der Waals surface area contributed by atoms with Crippen molar-refractivity contribution in [2.75, 3.05) is 13.1 Å². The lowest BCUT2D eigenvalue weighted by atomic mass is 10.0. The largest absolute Gasteiger partial charge is 0.337 e. The molecular weight excluding hydrogens is 378 g/mol. The predicted octanol–water partition coefficient (Wildman–Crippen LogP) is 2.30. The Hall–Kier alpha value is -3.81. The number of amides is 1. The van der Waals surface area contributed by atoms with E-state index in [4.69, 9.17) is 5.10 Å². The van der Waals surface area contributed by atoms with Crippen molar-refractivity contribution >= 4 is 5.91 Å². The standard InChI is InChI=1S/C22H21N7O/c1-27-21(16-6-3-2-4-7-16)17-10-12-28(13-11-18(17)26-27)22(30)19-8-5-9-20(25-19)29-14-23-24-15-29/h2-9,14-15H,10-13H2,1H3. The molecule has 8 nitrogen and oxygen atoms in total. The zero-order valence-corrected chi connectivity index (χ0v) is 16.6. The number of fused-ring (bicyclic) bond motifs is 1. The molecule has 1 aromatic carbocycles. The van der Waals surface area contributed by atoms with Crippen LogP contribution in [-0.2, 0) is 19.9 Å². The van der Waals surface area contributed by atoms with Crippen LogP contribution in [0.15, 0.2) is 61.2 Å². The van der Waals surface area contributed by atoms with Crippen LogP contribution < -0.4 is 0 Å². The lowest BCUT2D eigenvalue weighted by Crippen LogP contribution is -2.34. The molecule has 150 valence electrons. The molecule has 1 aliphatic rings. The van der Waals surface area contributed by atoms with Crippen molar-refractivity contribution in [1.29, 1.82) is 0 Å². The molecule has 0 fully saturated rings. The molecule has 3 aromatic heterocycles. The van der Waals surface area contributed by atoms with Gasteiger partial charge in [0, 0.05) is 37.7 Å². The summed E-state index contributed by atoms with van der Waals surface area (Å²) in [6, 6.07) is 15.7. The van der Waals surface area contributed by atoms with Gasteiger partial charge in [0.2, 0.25) is 0 Å². The highest BCUT2D eigenvalue weighted by Gasteiger charge is 2.25. The van der Waals surface area contributed by atoms with E-state index in [9.17, 15) is 4.79 Å². The fraction of sp³-hybridized carbons (Fsp3) is 0.227. The highest BCUT2D eigenvalue weighted by molar-refractivity contribution is 5.92. The second kappa shape index (κ2) is 7.55. The third-order valence-corrected chi connectivity index (χ3v) is 5.45. The number of benzene rings is 1. The topological polar surface area (TPSA) is 81.7 Å². The second-order valence-corrected chi connectivity index (χ2v) is 7.31. The van der Waals surface area contributed by atoms with Crippen LogP contribution >= 0.6 is 0 Å². The summed E-state index contributed by atoms with van der Waals surface area (Å²) in [4.78, 5) is 19.5. The molecule has 4 heterocycles. The maximum absolute atomic E-state index is 13.2. The Kier molecular flexibility index (Phi) is 4.59. The molecule has 0 saturated carbocycles. The minimum atomic E-state index is -0.0688. The molecule has 0 atom stereocenters. The summed E-state index contributed by atoms with van der Waals surface area (Å²) in [5, 5.41) is 12.4. The number of hydrogen-bond acceptors (Lipinski definition) is 5. The Labute approximate surface area is 173 Å². The van der Waals surface area contributed by atoms with Crippen molar-refractivity contribution in [1.82, 2.24) is 34.4 Å². The Morgan fingerprint density at radius 2 is 1.70 bits per heavy atom. The molecule has 0 spiro atoms. The van der Waals surface area contributed by atoms with Gasteiger partial charge in [-0.1, -0.05) is 36.4 Å². The minimum absolute atomic E-state index is 0.0688. The van der Waals surface area contributed by atoms with Crippen molar-refractivity contribution in [2.45, 2.75) is 12.8 Å². The number of carbonyl (C=O) groups excluding carboxylic acids is 1. The summed E-state index contributed by atoms with van der Waals surface area (Å²) in [7, 11) is 1.99. The van der Waals surface area contributed by atoms with Gasteiger partial charge in [-0.05, 0) is 18.6 Å². The fourth-order valence-electron chi connectivity index (χ4n) is 4.01. The first-order valence-corrected chi connectivity index (χ1v) is 9.92. The second-order valence-electron chi connectivity index (χ2n) is 7.31. The molecule has 0 bridgehead atoms. The van der Waals surface area contributed by atoms with Gasteiger partial charge in [0.1, 0.15) is 24.2 Å². The van der Waals surface area contributed by atoms with E-state index < -0.39 is 0 Å². The molecule has 5 rings (SSSR count). The molecule has 0 radical (unpaired) electrons. The maximum atomic E-state index is 13.2. The average Bonchev–Trinajstić information content (AvgIpc) is 3.38. The van der Waals surface area contributed by atoms with Gasteiger partial charge in [-0.25, -0.2) is 4.98 Å². The van der Waals surface area contributed by atoms with Crippen molar-refractivity contribution in [2.24, 2.45) is 7.05 Å². The number of pyridine rings is 1. The first-order chi connectivity index (χ1) is 14.7. The lowest BCUT2D eigenvalue weighted by molar-refractivity contribution is 0.0756. The summed E-state index contributed by atoms with van der Waals surface area (Å²) in [6.45, 7) is 1.26. The number of nitrogens with zero attached hydrogens (tertiary/aromatic N) is 7. The highest BCUT2D eigenvalue weighted by atomic mass is 16.2. The molecule has 4 aromatic rings. The van der Waals surface area contributed by atoms with Crippen molar-refractivity contribution in [3.63, 3.8) is 0 Å². The summed E-state index contributed by atoms with van der Waals surface area (Å²) in [5.41, 5.74) is 5.00. The van der Waals surface area contributed by atoms with Gasteiger partial charge in [0.25, 0.3) is 5.91 Å². The van der Waals surface area contributed by atoms with Crippen LogP contribution in [0.3, 0.4) is 0 Å². The number of aromatic nitrogens is 6. The number of aryl methyl sites for hydroxylation is 1. The van der Waals surface area contributed by atoms with Gasteiger partial charge in [0.15, 0.2) is 0 Å². The van der Waals surface area contributed by atoms with E-state index in [-0.39, 0.29) is 5.91 Å².